The maximum absolute atomic E-state index is 12.8. The van der Waals surface area contributed by atoms with E-state index in [0.29, 0.717) is 18.0 Å². The van der Waals surface area contributed by atoms with Gasteiger partial charge in [-0.1, -0.05) is 29.8 Å². The molecule has 0 saturated carbocycles. The van der Waals surface area contributed by atoms with Crippen molar-refractivity contribution in [1.29, 1.82) is 0 Å². The zero-order valence-corrected chi connectivity index (χ0v) is 12.6. The summed E-state index contributed by atoms with van der Waals surface area (Å²) in [6.45, 7) is 5.89. The van der Waals surface area contributed by atoms with E-state index in [1.54, 1.807) is 12.1 Å². The second kappa shape index (κ2) is 7.29. The molecule has 0 unspecified atom stereocenters. The molecule has 0 radical (unpaired) electrons. The molecule has 110 valence electrons. The minimum absolute atomic E-state index is 0.362. The Balaban J connectivity index is 2.34. The van der Waals surface area contributed by atoms with Crippen molar-refractivity contribution in [1.82, 2.24) is 5.32 Å². The Morgan fingerprint density at radius 3 is 2.75 bits per heavy atom. The van der Waals surface area contributed by atoms with Gasteiger partial charge in [-0.15, -0.1) is 0 Å². The summed E-state index contributed by atoms with van der Waals surface area (Å²) in [5.41, 5.74) is 0.243. The molecule has 0 spiro atoms. The molecule has 0 aliphatic heterocycles. The number of carbonyl (C=O) groups is 1. The van der Waals surface area contributed by atoms with Crippen LogP contribution in [0.3, 0.4) is 0 Å². The highest BCUT2D eigenvalue weighted by atomic mass is 35.5. The second-order valence-electron chi connectivity index (χ2n) is 5.29. The Morgan fingerprint density at radius 2 is 2.15 bits per heavy atom. The summed E-state index contributed by atoms with van der Waals surface area (Å²) in [7, 11) is 0. The average molecular weight is 300 g/mol. The number of hydrogen-bond acceptors (Lipinski definition) is 2. The number of carbonyl (C=O) groups excluding carboxylic acids is 1. The number of nitrogens with one attached hydrogen (secondary N) is 1. The fourth-order valence-electron chi connectivity index (χ4n) is 1.42. The molecule has 0 atom stereocenters. The van der Waals surface area contributed by atoms with E-state index in [1.165, 1.54) is 12.1 Å². The van der Waals surface area contributed by atoms with Gasteiger partial charge in [0.15, 0.2) is 0 Å². The minimum Gasteiger partial charge on any atom is -0.444 e. The van der Waals surface area contributed by atoms with Crippen LogP contribution in [-0.2, 0) is 4.74 Å². The lowest BCUT2D eigenvalue weighted by atomic mass is 10.2. The average Bonchev–Trinajstić information content (AvgIpc) is 2.28. The fraction of sp³-hybridized carbons (Fsp3) is 0.400. The van der Waals surface area contributed by atoms with E-state index >= 15 is 0 Å². The van der Waals surface area contributed by atoms with Crippen molar-refractivity contribution in [2.45, 2.75) is 32.8 Å². The van der Waals surface area contributed by atoms with Gasteiger partial charge in [-0.2, -0.15) is 0 Å². The Hall–Kier alpha value is -1.55. The van der Waals surface area contributed by atoms with E-state index in [0.717, 1.165) is 5.56 Å². The molecule has 0 bridgehead atoms. The van der Waals surface area contributed by atoms with E-state index in [-0.39, 0.29) is 5.82 Å². The number of benzene rings is 1. The molecule has 1 amide bonds. The third-order valence-corrected chi connectivity index (χ3v) is 2.57. The van der Waals surface area contributed by atoms with Gasteiger partial charge in [0, 0.05) is 6.54 Å². The lowest BCUT2D eigenvalue weighted by Crippen LogP contribution is -2.32. The van der Waals surface area contributed by atoms with Crippen LogP contribution in [0.2, 0.25) is 5.02 Å². The van der Waals surface area contributed by atoms with Crippen LogP contribution in [0.5, 0.6) is 0 Å². The largest absolute Gasteiger partial charge is 0.444 e. The molecule has 0 aromatic heterocycles. The van der Waals surface area contributed by atoms with Crippen molar-refractivity contribution in [3.8, 4) is 0 Å². The Morgan fingerprint density at radius 1 is 1.45 bits per heavy atom. The Labute approximate surface area is 123 Å². The van der Waals surface area contributed by atoms with Crippen LogP contribution in [-0.4, -0.2) is 18.2 Å². The predicted octanol–water partition coefficient (Wildman–Crippen LogP) is 4.41. The van der Waals surface area contributed by atoms with Crippen molar-refractivity contribution < 1.29 is 13.9 Å². The monoisotopic (exact) mass is 299 g/mol. The number of hydrogen-bond donors (Lipinski definition) is 1. The van der Waals surface area contributed by atoms with Gasteiger partial charge in [-0.3, -0.25) is 0 Å². The zero-order chi connectivity index (χ0) is 15.2. The van der Waals surface area contributed by atoms with E-state index in [2.05, 4.69) is 5.32 Å². The molecule has 1 rings (SSSR count). The molecule has 0 aliphatic rings. The summed E-state index contributed by atoms with van der Waals surface area (Å²) in [5.74, 6) is -0.362. The third-order valence-electron chi connectivity index (χ3n) is 2.24. The number of rotatable bonds is 4. The quantitative estimate of drug-likeness (QED) is 0.836. The molecule has 0 fully saturated rings. The molecular weight excluding hydrogens is 281 g/mol. The van der Waals surface area contributed by atoms with Crippen LogP contribution in [0, 0.1) is 5.82 Å². The molecule has 1 N–H and O–H groups in total. The van der Waals surface area contributed by atoms with Gasteiger partial charge in [-0.25, -0.2) is 9.18 Å². The Bertz CT molecular complexity index is 495. The predicted molar refractivity (Wildman–Crippen MR) is 79.3 cm³/mol. The van der Waals surface area contributed by atoms with Gasteiger partial charge in [0.05, 0.1) is 5.02 Å². The molecule has 20 heavy (non-hydrogen) atoms. The Kier molecular flexibility index (Phi) is 6.02. The maximum atomic E-state index is 12.8. The first-order chi connectivity index (χ1) is 9.28. The summed E-state index contributed by atoms with van der Waals surface area (Å²) < 4.78 is 17.9. The summed E-state index contributed by atoms with van der Waals surface area (Å²) in [4.78, 5) is 11.4. The summed E-state index contributed by atoms with van der Waals surface area (Å²) in [6.07, 6.45) is 3.84. The molecule has 5 heteroatoms. The number of alkyl carbamates (subject to hydrolysis) is 1. The van der Waals surface area contributed by atoms with Gasteiger partial charge in [0.1, 0.15) is 11.4 Å². The molecule has 0 aliphatic carbocycles. The van der Waals surface area contributed by atoms with Gasteiger partial charge in [-0.05, 0) is 44.9 Å². The number of halogens is 2. The van der Waals surface area contributed by atoms with Gasteiger partial charge in [0.2, 0.25) is 0 Å². The lowest BCUT2D eigenvalue weighted by molar-refractivity contribution is 0.0529. The van der Waals surface area contributed by atoms with Crippen molar-refractivity contribution in [2.75, 3.05) is 6.54 Å². The van der Waals surface area contributed by atoms with Crippen LogP contribution in [0.15, 0.2) is 24.3 Å². The van der Waals surface area contributed by atoms with Gasteiger partial charge >= 0.3 is 6.09 Å². The topological polar surface area (TPSA) is 38.3 Å². The van der Waals surface area contributed by atoms with Crippen LogP contribution < -0.4 is 5.32 Å². The first kappa shape index (κ1) is 16.5. The molecule has 1 aromatic rings. The number of ether oxygens (including phenoxy) is 1. The number of amides is 1. The first-order valence-electron chi connectivity index (χ1n) is 6.36. The van der Waals surface area contributed by atoms with Crippen molar-refractivity contribution >= 4 is 23.8 Å². The molecule has 3 nitrogen and oxygen atoms in total. The normalized spacial score (nSPS) is 11.7. The molecule has 0 heterocycles. The van der Waals surface area contributed by atoms with Gasteiger partial charge < -0.3 is 10.1 Å². The molecular formula is C15H19ClFNO2. The minimum atomic E-state index is -0.498. The van der Waals surface area contributed by atoms with Crippen molar-refractivity contribution in [3.05, 3.63) is 40.7 Å². The second-order valence-corrected chi connectivity index (χ2v) is 5.69. The van der Waals surface area contributed by atoms with E-state index < -0.39 is 11.7 Å². The summed E-state index contributed by atoms with van der Waals surface area (Å²) in [5, 5.41) is 3.01. The fourth-order valence-corrected chi connectivity index (χ4v) is 1.65. The first-order valence-corrected chi connectivity index (χ1v) is 6.74. The standard InChI is InChI=1S/C15H19ClFNO2/c1-15(2,3)20-14(19)18-9-5-4-6-11-7-8-12(17)10-13(11)16/h4,6-8,10H,5,9H2,1-3H3,(H,18,19). The highest BCUT2D eigenvalue weighted by molar-refractivity contribution is 6.32. The molecule has 1 aromatic carbocycles. The van der Waals surface area contributed by atoms with E-state index in [4.69, 9.17) is 16.3 Å². The van der Waals surface area contributed by atoms with Crippen LogP contribution in [0.4, 0.5) is 9.18 Å². The zero-order valence-electron chi connectivity index (χ0n) is 11.9. The lowest BCUT2D eigenvalue weighted by Gasteiger charge is -2.19. The summed E-state index contributed by atoms with van der Waals surface area (Å²) in [6, 6.07) is 4.22. The van der Waals surface area contributed by atoms with Gasteiger partial charge in [0.25, 0.3) is 0 Å². The smallest absolute Gasteiger partial charge is 0.407 e. The maximum Gasteiger partial charge on any atom is 0.407 e. The van der Waals surface area contributed by atoms with Crippen LogP contribution >= 0.6 is 11.6 Å². The molecule has 0 saturated heterocycles. The highest BCUT2D eigenvalue weighted by Crippen LogP contribution is 2.18. The third kappa shape index (κ3) is 6.57. The van der Waals surface area contributed by atoms with Crippen LogP contribution in [0.1, 0.15) is 32.8 Å². The SMILES string of the molecule is CC(C)(C)OC(=O)NCCC=Cc1ccc(F)cc1Cl. The van der Waals surface area contributed by atoms with E-state index in [9.17, 15) is 9.18 Å². The highest BCUT2D eigenvalue weighted by Gasteiger charge is 2.15. The van der Waals surface area contributed by atoms with E-state index in [1.807, 2.05) is 26.8 Å². The summed E-state index contributed by atoms with van der Waals surface area (Å²) >= 11 is 5.88. The van der Waals surface area contributed by atoms with Crippen LogP contribution in [0.25, 0.3) is 6.08 Å². The van der Waals surface area contributed by atoms with Crippen molar-refractivity contribution in [2.24, 2.45) is 0 Å². The van der Waals surface area contributed by atoms with Crippen molar-refractivity contribution in [3.63, 3.8) is 0 Å².